The highest BCUT2D eigenvalue weighted by Gasteiger charge is 2.24. The number of piperazine rings is 1. The van der Waals surface area contributed by atoms with Crippen molar-refractivity contribution in [2.75, 3.05) is 31.1 Å². The molecule has 2 aromatic rings. The van der Waals surface area contributed by atoms with Gasteiger partial charge in [-0.3, -0.25) is 15.0 Å². The van der Waals surface area contributed by atoms with Crippen molar-refractivity contribution in [1.29, 1.82) is 0 Å². The van der Waals surface area contributed by atoms with E-state index in [1.807, 2.05) is 20.8 Å². The Kier molecular flexibility index (Phi) is 4.67. The Balaban J connectivity index is 1.55. The van der Waals surface area contributed by atoms with Crippen LogP contribution in [0.2, 0.25) is 0 Å². The molecule has 3 heterocycles. The predicted octanol–water partition coefficient (Wildman–Crippen LogP) is 1.99. The summed E-state index contributed by atoms with van der Waals surface area (Å²) >= 11 is 0. The summed E-state index contributed by atoms with van der Waals surface area (Å²) in [7, 11) is 0. The SMILES string of the molecule is CC(C)(C)c1nc(CN2CCN(c3ccc([N+](=O)[O-])cn3)CC2)no1. The molecule has 1 aliphatic rings. The van der Waals surface area contributed by atoms with Crippen molar-refractivity contribution in [1.82, 2.24) is 20.0 Å². The van der Waals surface area contributed by atoms with E-state index < -0.39 is 4.92 Å². The van der Waals surface area contributed by atoms with Crippen molar-refractivity contribution >= 4 is 11.5 Å². The predicted molar refractivity (Wildman–Crippen MR) is 91.4 cm³/mol. The van der Waals surface area contributed by atoms with E-state index in [2.05, 4.69) is 24.9 Å². The van der Waals surface area contributed by atoms with E-state index in [0.29, 0.717) is 18.3 Å². The molecule has 0 spiro atoms. The van der Waals surface area contributed by atoms with E-state index in [-0.39, 0.29) is 11.1 Å². The number of hydrogen-bond acceptors (Lipinski definition) is 8. The van der Waals surface area contributed by atoms with Gasteiger partial charge >= 0.3 is 0 Å². The third-order valence-corrected chi connectivity index (χ3v) is 4.11. The van der Waals surface area contributed by atoms with E-state index in [1.165, 1.54) is 12.3 Å². The summed E-state index contributed by atoms with van der Waals surface area (Å²) in [6, 6.07) is 3.19. The van der Waals surface area contributed by atoms with Crippen LogP contribution in [-0.2, 0) is 12.0 Å². The van der Waals surface area contributed by atoms with Gasteiger partial charge in [-0.2, -0.15) is 4.98 Å². The molecule has 0 saturated carbocycles. The third kappa shape index (κ3) is 4.11. The second-order valence-electron chi connectivity index (χ2n) is 7.16. The maximum atomic E-state index is 10.7. The largest absolute Gasteiger partial charge is 0.354 e. The molecule has 1 aliphatic heterocycles. The molecule has 1 fully saturated rings. The smallest absolute Gasteiger partial charge is 0.287 e. The number of pyridine rings is 1. The van der Waals surface area contributed by atoms with E-state index in [9.17, 15) is 10.1 Å². The highest BCUT2D eigenvalue weighted by Crippen LogP contribution is 2.21. The highest BCUT2D eigenvalue weighted by atomic mass is 16.6. The first-order valence-corrected chi connectivity index (χ1v) is 8.24. The van der Waals surface area contributed by atoms with E-state index in [4.69, 9.17) is 4.52 Å². The number of nitro groups is 1. The van der Waals surface area contributed by atoms with Crippen LogP contribution in [0.5, 0.6) is 0 Å². The topological polar surface area (TPSA) is 101 Å². The van der Waals surface area contributed by atoms with Crippen molar-refractivity contribution in [2.45, 2.75) is 32.7 Å². The lowest BCUT2D eigenvalue weighted by atomic mass is 9.97. The van der Waals surface area contributed by atoms with Crippen molar-refractivity contribution in [3.63, 3.8) is 0 Å². The van der Waals surface area contributed by atoms with Gasteiger partial charge in [0.1, 0.15) is 12.0 Å². The molecule has 3 rings (SSSR count). The maximum absolute atomic E-state index is 10.7. The minimum absolute atomic E-state index is 0.00847. The zero-order valence-corrected chi connectivity index (χ0v) is 14.7. The van der Waals surface area contributed by atoms with Gasteiger partial charge in [0.15, 0.2) is 5.82 Å². The van der Waals surface area contributed by atoms with Crippen LogP contribution in [0.1, 0.15) is 32.5 Å². The average Bonchev–Trinajstić information content (AvgIpc) is 3.04. The standard InChI is InChI=1S/C16H22N6O3/c1-16(2,3)15-18-13(19-25-15)11-20-6-8-21(9-7-20)14-5-4-12(10-17-14)22(23)24/h4-5,10H,6-9,11H2,1-3H3. The molecule has 0 amide bonds. The number of hydrogen-bond donors (Lipinski definition) is 0. The number of anilines is 1. The summed E-state index contributed by atoms with van der Waals surface area (Å²) in [5.41, 5.74) is -0.139. The Morgan fingerprint density at radius 1 is 1.24 bits per heavy atom. The fourth-order valence-electron chi connectivity index (χ4n) is 2.63. The lowest BCUT2D eigenvalue weighted by molar-refractivity contribution is -0.385. The average molecular weight is 346 g/mol. The fraction of sp³-hybridized carbons (Fsp3) is 0.562. The molecule has 1 saturated heterocycles. The number of rotatable bonds is 4. The van der Waals surface area contributed by atoms with Gasteiger partial charge in [0.25, 0.3) is 5.69 Å². The molecule has 0 bridgehead atoms. The first-order valence-electron chi connectivity index (χ1n) is 8.24. The summed E-state index contributed by atoms with van der Waals surface area (Å²) in [5.74, 6) is 2.11. The van der Waals surface area contributed by atoms with Crippen molar-refractivity contribution in [2.24, 2.45) is 0 Å². The molecule has 2 aromatic heterocycles. The van der Waals surface area contributed by atoms with Gasteiger partial charge in [-0.15, -0.1) is 0 Å². The van der Waals surface area contributed by atoms with Crippen LogP contribution >= 0.6 is 0 Å². The normalized spacial score (nSPS) is 16.2. The number of aromatic nitrogens is 3. The molecule has 25 heavy (non-hydrogen) atoms. The van der Waals surface area contributed by atoms with E-state index >= 15 is 0 Å². The molecule has 9 heteroatoms. The van der Waals surface area contributed by atoms with Gasteiger partial charge in [-0.1, -0.05) is 25.9 Å². The fourth-order valence-corrected chi connectivity index (χ4v) is 2.63. The Bertz CT molecular complexity index is 729. The molecule has 134 valence electrons. The Morgan fingerprint density at radius 3 is 2.48 bits per heavy atom. The lowest BCUT2D eigenvalue weighted by Gasteiger charge is -2.34. The van der Waals surface area contributed by atoms with Gasteiger partial charge in [-0.25, -0.2) is 4.98 Å². The quantitative estimate of drug-likeness (QED) is 0.612. The van der Waals surface area contributed by atoms with Gasteiger partial charge < -0.3 is 9.42 Å². The minimum atomic E-state index is -0.439. The monoisotopic (exact) mass is 346 g/mol. The van der Waals surface area contributed by atoms with Crippen LogP contribution in [0.15, 0.2) is 22.9 Å². The Labute approximate surface area is 145 Å². The first-order chi connectivity index (χ1) is 11.8. The summed E-state index contributed by atoms with van der Waals surface area (Å²) in [5, 5.41) is 14.8. The summed E-state index contributed by atoms with van der Waals surface area (Å²) in [4.78, 5) is 23.3. The molecule has 0 radical (unpaired) electrons. The van der Waals surface area contributed by atoms with Crippen molar-refractivity contribution in [3.8, 4) is 0 Å². The van der Waals surface area contributed by atoms with Gasteiger partial charge in [0.05, 0.1) is 11.5 Å². The molecular weight excluding hydrogens is 324 g/mol. The van der Waals surface area contributed by atoms with Crippen LogP contribution in [0.4, 0.5) is 11.5 Å². The Morgan fingerprint density at radius 2 is 1.96 bits per heavy atom. The van der Waals surface area contributed by atoms with Gasteiger partial charge in [0.2, 0.25) is 5.89 Å². The van der Waals surface area contributed by atoms with Crippen LogP contribution in [0, 0.1) is 10.1 Å². The van der Waals surface area contributed by atoms with Gasteiger partial charge in [-0.05, 0) is 6.07 Å². The molecule has 0 aromatic carbocycles. The summed E-state index contributed by atoms with van der Waals surface area (Å²) in [6.07, 6.45) is 1.30. The zero-order chi connectivity index (χ0) is 18.0. The van der Waals surface area contributed by atoms with Crippen LogP contribution < -0.4 is 4.90 Å². The van der Waals surface area contributed by atoms with E-state index in [1.54, 1.807) is 6.07 Å². The van der Waals surface area contributed by atoms with Crippen molar-refractivity contribution < 1.29 is 9.45 Å². The summed E-state index contributed by atoms with van der Waals surface area (Å²) in [6.45, 7) is 10.1. The van der Waals surface area contributed by atoms with Crippen molar-refractivity contribution in [3.05, 3.63) is 40.2 Å². The molecule has 0 aliphatic carbocycles. The molecular formula is C16H22N6O3. The third-order valence-electron chi connectivity index (χ3n) is 4.11. The summed E-state index contributed by atoms with van der Waals surface area (Å²) < 4.78 is 5.33. The molecule has 9 nitrogen and oxygen atoms in total. The minimum Gasteiger partial charge on any atom is -0.354 e. The van der Waals surface area contributed by atoms with E-state index in [0.717, 1.165) is 32.0 Å². The molecule has 0 atom stereocenters. The second kappa shape index (κ2) is 6.75. The first kappa shape index (κ1) is 17.3. The lowest BCUT2D eigenvalue weighted by Crippen LogP contribution is -2.46. The number of nitrogens with zero attached hydrogens (tertiary/aromatic N) is 6. The van der Waals surface area contributed by atoms with Crippen LogP contribution in [-0.4, -0.2) is 51.1 Å². The molecule has 0 unspecified atom stereocenters. The van der Waals surface area contributed by atoms with Crippen LogP contribution in [0.25, 0.3) is 0 Å². The molecule has 0 N–H and O–H groups in total. The zero-order valence-electron chi connectivity index (χ0n) is 14.7. The second-order valence-corrected chi connectivity index (χ2v) is 7.16. The Hall–Kier alpha value is -2.55. The van der Waals surface area contributed by atoms with Crippen LogP contribution in [0.3, 0.4) is 0 Å². The highest BCUT2D eigenvalue weighted by molar-refractivity contribution is 5.43. The van der Waals surface area contributed by atoms with Gasteiger partial charge in [0, 0.05) is 37.7 Å². The maximum Gasteiger partial charge on any atom is 0.287 e.